The van der Waals surface area contributed by atoms with Crippen molar-refractivity contribution >= 4 is 33.7 Å². The molecule has 25 heavy (non-hydrogen) atoms. The van der Waals surface area contributed by atoms with Gasteiger partial charge in [0, 0.05) is 18.5 Å². The number of aryl methyl sites for hydroxylation is 2. The molecule has 0 aliphatic carbocycles. The van der Waals surface area contributed by atoms with Crippen molar-refractivity contribution in [1.29, 1.82) is 0 Å². The van der Waals surface area contributed by atoms with Crippen molar-refractivity contribution in [3.63, 3.8) is 0 Å². The Labute approximate surface area is 154 Å². The minimum absolute atomic E-state index is 0.120. The number of carbonyl (C=O) groups excluding carboxylic acids is 1. The second kappa shape index (κ2) is 7.94. The molecule has 0 aliphatic rings. The van der Waals surface area contributed by atoms with Crippen molar-refractivity contribution in [2.75, 3.05) is 20.3 Å². The zero-order valence-corrected chi connectivity index (χ0v) is 16.1. The minimum atomic E-state index is -0.120. The van der Waals surface area contributed by atoms with Gasteiger partial charge in [0.25, 0.3) is 0 Å². The van der Waals surface area contributed by atoms with Gasteiger partial charge in [0.2, 0.25) is 4.96 Å². The van der Waals surface area contributed by atoms with E-state index in [4.69, 9.17) is 4.74 Å². The SMILES string of the molecule is COCCN(Cc1sccc1C)C(=O)NCc1cn2nc(C)sc2n1. The summed E-state index contributed by atoms with van der Waals surface area (Å²) in [6, 6.07) is 1.95. The first-order valence-corrected chi connectivity index (χ1v) is 9.63. The fourth-order valence-corrected chi connectivity index (χ4v) is 4.06. The molecule has 0 unspecified atom stereocenters. The Hall–Kier alpha value is -1.97. The summed E-state index contributed by atoms with van der Waals surface area (Å²) >= 11 is 3.20. The van der Waals surface area contributed by atoms with Crippen LogP contribution in [0.1, 0.15) is 21.1 Å². The number of amides is 2. The summed E-state index contributed by atoms with van der Waals surface area (Å²) in [5.74, 6) is 0. The van der Waals surface area contributed by atoms with Crippen molar-refractivity contribution in [3.05, 3.63) is 38.8 Å². The maximum Gasteiger partial charge on any atom is 0.318 e. The van der Waals surface area contributed by atoms with Crippen LogP contribution in [-0.4, -0.2) is 45.8 Å². The van der Waals surface area contributed by atoms with Crippen LogP contribution in [-0.2, 0) is 17.8 Å². The normalized spacial score (nSPS) is 11.2. The van der Waals surface area contributed by atoms with E-state index in [1.165, 1.54) is 21.8 Å². The molecule has 7 nitrogen and oxygen atoms in total. The van der Waals surface area contributed by atoms with Crippen LogP contribution in [0.2, 0.25) is 0 Å². The topological polar surface area (TPSA) is 71.8 Å². The Morgan fingerprint density at radius 1 is 1.44 bits per heavy atom. The van der Waals surface area contributed by atoms with E-state index in [0.717, 1.165) is 15.7 Å². The molecule has 0 saturated heterocycles. The Morgan fingerprint density at radius 3 is 2.96 bits per heavy atom. The quantitative estimate of drug-likeness (QED) is 0.685. The van der Waals surface area contributed by atoms with Gasteiger partial charge in [0.15, 0.2) is 0 Å². The number of thiophene rings is 1. The number of imidazole rings is 1. The monoisotopic (exact) mass is 379 g/mol. The number of methoxy groups -OCH3 is 1. The lowest BCUT2D eigenvalue weighted by atomic mass is 10.3. The Balaban J connectivity index is 1.62. The summed E-state index contributed by atoms with van der Waals surface area (Å²) in [4.78, 5) is 20.9. The number of ether oxygens (including phenoxy) is 1. The van der Waals surface area contributed by atoms with Gasteiger partial charge in [-0.2, -0.15) is 5.10 Å². The molecule has 0 aromatic carbocycles. The molecule has 0 fully saturated rings. The van der Waals surface area contributed by atoms with E-state index in [1.807, 2.05) is 18.5 Å². The van der Waals surface area contributed by atoms with Gasteiger partial charge >= 0.3 is 6.03 Å². The lowest BCUT2D eigenvalue weighted by molar-refractivity contribution is 0.146. The number of carbonyl (C=O) groups is 1. The summed E-state index contributed by atoms with van der Waals surface area (Å²) in [7, 11) is 1.64. The van der Waals surface area contributed by atoms with Crippen LogP contribution in [0.5, 0.6) is 0 Å². The van der Waals surface area contributed by atoms with Crippen molar-refractivity contribution in [2.24, 2.45) is 0 Å². The lowest BCUT2D eigenvalue weighted by Gasteiger charge is -2.22. The minimum Gasteiger partial charge on any atom is -0.383 e. The van der Waals surface area contributed by atoms with E-state index in [-0.39, 0.29) is 6.03 Å². The largest absolute Gasteiger partial charge is 0.383 e. The first kappa shape index (κ1) is 17.8. The third-order valence-electron chi connectivity index (χ3n) is 3.77. The van der Waals surface area contributed by atoms with Gasteiger partial charge < -0.3 is 15.0 Å². The molecule has 3 heterocycles. The van der Waals surface area contributed by atoms with Crippen LogP contribution < -0.4 is 5.32 Å². The van der Waals surface area contributed by atoms with Gasteiger partial charge in [-0.05, 0) is 30.9 Å². The highest BCUT2D eigenvalue weighted by Gasteiger charge is 2.16. The second-order valence-corrected chi connectivity index (χ2v) is 7.84. The number of hydrogen-bond acceptors (Lipinski definition) is 6. The highest BCUT2D eigenvalue weighted by atomic mass is 32.1. The molecule has 9 heteroatoms. The third kappa shape index (κ3) is 4.36. The van der Waals surface area contributed by atoms with Crippen LogP contribution in [0.15, 0.2) is 17.6 Å². The highest BCUT2D eigenvalue weighted by Crippen LogP contribution is 2.18. The van der Waals surface area contributed by atoms with E-state index in [9.17, 15) is 4.79 Å². The highest BCUT2D eigenvalue weighted by molar-refractivity contribution is 7.16. The van der Waals surface area contributed by atoms with Gasteiger partial charge in [-0.1, -0.05) is 11.3 Å². The number of urea groups is 1. The van der Waals surface area contributed by atoms with Crippen LogP contribution in [0.25, 0.3) is 4.96 Å². The van der Waals surface area contributed by atoms with Crippen molar-refractivity contribution in [3.8, 4) is 0 Å². The smallest absolute Gasteiger partial charge is 0.318 e. The maximum absolute atomic E-state index is 12.6. The molecular weight excluding hydrogens is 358 g/mol. The predicted molar refractivity (Wildman–Crippen MR) is 99.2 cm³/mol. The average Bonchev–Trinajstić information content (AvgIpc) is 3.24. The van der Waals surface area contributed by atoms with Crippen LogP contribution >= 0.6 is 22.7 Å². The second-order valence-electron chi connectivity index (χ2n) is 5.68. The van der Waals surface area contributed by atoms with Crippen LogP contribution in [0, 0.1) is 13.8 Å². The first-order chi connectivity index (χ1) is 12.1. The number of hydrogen-bond donors (Lipinski definition) is 1. The zero-order chi connectivity index (χ0) is 17.8. The maximum atomic E-state index is 12.6. The molecule has 3 rings (SSSR count). The van der Waals surface area contributed by atoms with Gasteiger partial charge in [0.1, 0.15) is 5.01 Å². The zero-order valence-electron chi connectivity index (χ0n) is 14.5. The molecule has 3 aromatic rings. The molecule has 0 atom stereocenters. The lowest BCUT2D eigenvalue weighted by Crippen LogP contribution is -2.40. The number of aromatic nitrogens is 3. The van der Waals surface area contributed by atoms with Gasteiger partial charge in [-0.3, -0.25) is 0 Å². The molecule has 0 bridgehead atoms. The Morgan fingerprint density at radius 2 is 2.28 bits per heavy atom. The molecule has 2 amide bonds. The standard InChI is InChI=1S/C16H21N5O2S2/c1-11-4-7-24-14(11)10-20(5-6-23-3)15(22)17-8-13-9-21-16(18-13)25-12(2)19-21/h4,7,9H,5-6,8,10H2,1-3H3,(H,17,22). The number of nitrogens with one attached hydrogen (secondary N) is 1. The van der Waals surface area contributed by atoms with Gasteiger partial charge in [-0.25, -0.2) is 14.3 Å². The summed E-state index contributed by atoms with van der Waals surface area (Å²) in [6.07, 6.45) is 1.85. The van der Waals surface area contributed by atoms with E-state index in [1.54, 1.807) is 27.9 Å². The van der Waals surface area contributed by atoms with E-state index in [2.05, 4.69) is 28.4 Å². The third-order valence-corrected chi connectivity index (χ3v) is 5.62. The summed E-state index contributed by atoms with van der Waals surface area (Å²) < 4.78 is 6.88. The molecule has 0 spiro atoms. The van der Waals surface area contributed by atoms with Crippen LogP contribution in [0.3, 0.4) is 0 Å². The van der Waals surface area contributed by atoms with Gasteiger partial charge in [-0.15, -0.1) is 11.3 Å². The molecule has 0 saturated carbocycles. The fraction of sp³-hybridized carbons (Fsp3) is 0.438. The molecule has 1 N–H and O–H groups in total. The molecule has 0 aliphatic heterocycles. The van der Waals surface area contributed by atoms with E-state index in [0.29, 0.717) is 26.2 Å². The van der Waals surface area contributed by atoms with Crippen LogP contribution in [0.4, 0.5) is 4.79 Å². The molecular formula is C16H21N5O2S2. The molecule has 0 radical (unpaired) electrons. The first-order valence-electron chi connectivity index (χ1n) is 7.93. The summed E-state index contributed by atoms with van der Waals surface area (Å²) in [6.45, 7) is 6.00. The summed E-state index contributed by atoms with van der Waals surface area (Å²) in [5, 5.41) is 10.3. The van der Waals surface area contributed by atoms with E-state index >= 15 is 0 Å². The fourth-order valence-electron chi connectivity index (χ4n) is 2.40. The predicted octanol–water partition coefficient (Wildman–Crippen LogP) is 2.83. The van der Waals surface area contributed by atoms with Crippen molar-refractivity contribution in [1.82, 2.24) is 24.8 Å². The number of nitrogens with zero attached hydrogens (tertiary/aromatic N) is 4. The van der Waals surface area contributed by atoms with Crippen molar-refractivity contribution < 1.29 is 9.53 Å². The van der Waals surface area contributed by atoms with Crippen molar-refractivity contribution in [2.45, 2.75) is 26.9 Å². The Kier molecular flexibility index (Phi) is 5.67. The Bertz CT molecular complexity index is 822. The molecule has 3 aromatic heterocycles. The average molecular weight is 380 g/mol. The number of fused-ring (bicyclic) bond motifs is 1. The molecule has 134 valence electrons. The van der Waals surface area contributed by atoms with Gasteiger partial charge in [0.05, 0.1) is 31.6 Å². The van der Waals surface area contributed by atoms with E-state index < -0.39 is 0 Å². The summed E-state index contributed by atoms with van der Waals surface area (Å²) in [5.41, 5.74) is 2.00. The number of rotatable bonds is 7.